The van der Waals surface area contributed by atoms with Crippen molar-refractivity contribution in [3.05, 3.63) is 0 Å². The first kappa shape index (κ1) is 16.2. The second-order valence-electron chi connectivity index (χ2n) is 4.73. The van der Waals surface area contributed by atoms with E-state index in [1.54, 1.807) is 0 Å². The summed E-state index contributed by atoms with van der Waals surface area (Å²) in [5, 5.41) is 0. The maximum absolute atomic E-state index is 5.57. The lowest BCUT2D eigenvalue weighted by Crippen LogP contribution is -2.54. The summed E-state index contributed by atoms with van der Waals surface area (Å²) in [4.78, 5) is 9.23. The molecule has 0 bridgehead atoms. The molecular weight excluding hydrogens is 242 g/mol. The van der Waals surface area contributed by atoms with Crippen molar-refractivity contribution < 1.29 is 4.74 Å². The van der Waals surface area contributed by atoms with Gasteiger partial charge in [0, 0.05) is 45.9 Å². The minimum absolute atomic E-state index is 0.759. The van der Waals surface area contributed by atoms with Crippen molar-refractivity contribution >= 4 is 5.96 Å². The zero-order valence-electron chi connectivity index (χ0n) is 12.4. The number of ether oxygens (including phenoxy) is 1. The molecule has 0 amide bonds. The van der Waals surface area contributed by atoms with Crippen LogP contribution in [0.2, 0.25) is 0 Å². The van der Waals surface area contributed by atoms with E-state index in [0.29, 0.717) is 0 Å². The fourth-order valence-corrected chi connectivity index (χ4v) is 2.23. The molecule has 19 heavy (non-hydrogen) atoms. The lowest BCUT2D eigenvalue weighted by Gasteiger charge is -2.35. The van der Waals surface area contributed by atoms with Crippen molar-refractivity contribution in [1.82, 2.24) is 15.2 Å². The normalized spacial score (nSPS) is 17.8. The summed E-state index contributed by atoms with van der Waals surface area (Å²) in [7, 11) is 0. The molecule has 3 N–H and O–H groups in total. The summed E-state index contributed by atoms with van der Waals surface area (Å²) in [5.74, 6) is 6.38. The molecule has 0 aliphatic carbocycles. The Hall–Kier alpha value is -0.850. The first-order chi connectivity index (χ1) is 9.31. The highest BCUT2D eigenvalue weighted by Crippen LogP contribution is 2.02. The fourth-order valence-electron chi connectivity index (χ4n) is 2.23. The Morgan fingerprint density at radius 1 is 1.26 bits per heavy atom. The van der Waals surface area contributed by atoms with Gasteiger partial charge in [0.25, 0.3) is 0 Å². The Morgan fingerprint density at radius 3 is 2.58 bits per heavy atom. The van der Waals surface area contributed by atoms with Crippen LogP contribution in [-0.2, 0) is 4.74 Å². The molecule has 112 valence electrons. The van der Waals surface area contributed by atoms with Crippen LogP contribution in [0.4, 0.5) is 0 Å². The maximum Gasteiger partial charge on any atom is 0.208 e. The van der Waals surface area contributed by atoms with Crippen LogP contribution in [0, 0.1) is 0 Å². The molecule has 6 heteroatoms. The van der Waals surface area contributed by atoms with Gasteiger partial charge in [-0.05, 0) is 26.3 Å². The van der Waals surface area contributed by atoms with Gasteiger partial charge < -0.3 is 9.64 Å². The van der Waals surface area contributed by atoms with Gasteiger partial charge in [0.1, 0.15) is 0 Å². The molecule has 0 aromatic heterocycles. The first-order valence-electron chi connectivity index (χ1n) is 7.37. The van der Waals surface area contributed by atoms with Crippen molar-refractivity contribution in [3.8, 4) is 0 Å². The van der Waals surface area contributed by atoms with E-state index >= 15 is 0 Å². The van der Waals surface area contributed by atoms with Crippen LogP contribution in [0.25, 0.3) is 0 Å². The fraction of sp³-hybridized carbons (Fsp3) is 0.923. The molecule has 1 aliphatic heterocycles. The predicted octanol–water partition coefficient (Wildman–Crippen LogP) is 0.260. The molecule has 0 spiro atoms. The van der Waals surface area contributed by atoms with Gasteiger partial charge in [0.05, 0.1) is 0 Å². The van der Waals surface area contributed by atoms with Gasteiger partial charge in [0.15, 0.2) is 0 Å². The monoisotopic (exact) mass is 271 g/mol. The SMILES string of the molecule is CCCN1CCN(C(=NCCCOCC)NN)CC1. The quantitative estimate of drug-likeness (QED) is 0.229. The van der Waals surface area contributed by atoms with Gasteiger partial charge in [-0.15, -0.1) is 0 Å². The molecule has 0 aromatic rings. The number of nitrogens with one attached hydrogen (secondary N) is 1. The number of aliphatic imine (C=N–C) groups is 1. The van der Waals surface area contributed by atoms with Crippen molar-refractivity contribution in [2.45, 2.75) is 26.7 Å². The number of guanidine groups is 1. The summed E-state index contributed by atoms with van der Waals surface area (Å²) >= 11 is 0. The van der Waals surface area contributed by atoms with Crippen molar-refractivity contribution in [3.63, 3.8) is 0 Å². The molecule has 0 saturated carbocycles. The van der Waals surface area contributed by atoms with Crippen molar-refractivity contribution in [1.29, 1.82) is 0 Å². The zero-order valence-corrected chi connectivity index (χ0v) is 12.4. The Bertz CT molecular complexity index is 251. The van der Waals surface area contributed by atoms with E-state index in [2.05, 4.69) is 27.1 Å². The zero-order chi connectivity index (χ0) is 13.9. The van der Waals surface area contributed by atoms with E-state index in [1.165, 1.54) is 13.0 Å². The highest BCUT2D eigenvalue weighted by molar-refractivity contribution is 5.79. The molecule has 0 radical (unpaired) electrons. The van der Waals surface area contributed by atoms with Crippen LogP contribution in [-0.4, -0.2) is 68.2 Å². The highest BCUT2D eigenvalue weighted by atomic mass is 16.5. The minimum atomic E-state index is 0.759. The summed E-state index contributed by atoms with van der Waals surface area (Å²) in [6.07, 6.45) is 2.16. The van der Waals surface area contributed by atoms with Crippen LogP contribution >= 0.6 is 0 Å². The number of hydrogen-bond acceptors (Lipinski definition) is 4. The second kappa shape index (κ2) is 10.00. The Balaban J connectivity index is 2.28. The average molecular weight is 271 g/mol. The molecule has 0 unspecified atom stereocenters. The van der Waals surface area contributed by atoms with E-state index in [-0.39, 0.29) is 0 Å². The Morgan fingerprint density at radius 2 is 2.00 bits per heavy atom. The van der Waals surface area contributed by atoms with E-state index in [0.717, 1.165) is 58.3 Å². The predicted molar refractivity (Wildman–Crippen MR) is 79.0 cm³/mol. The molecule has 1 heterocycles. The molecule has 1 aliphatic rings. The van der Waals surface area contributed by atoms with Gasteiger partial charge in [-0.2, -0.15) is 0 Å². The third kappa shape index (κ3) is 6.22. The maximum atomic E-state index is 5.57. The highest BCUT2D eigenvalue weighted by Gasteiger charge is 2.18. The molecule has 1 fully saturated rings. The summed E-state index contributed by atoms with van der Waals surface area (Å²) < 4.78 is 5.29. The number of nitrogens with zero attached hydrogens (tertiary/aromatic N) is 3. The smallest absolute Gasteiger partial charge is 0.208 e. The Labute approximate surface area is 117 Å². The molecular formula is C13H29N5O. The topological polar surface area (TPSA) is 66.1 Å². The minimum Gasteiger partial charge on any atom is -0.382 e. The van der Waals surface area contributed by atoms with E-state index < -0.39 is 0 Å². The number of hydrazine groups is 1. The van der Waals surface area contributed by atoms with Crippen LogP contribution < -0.4 is 11.3 Å². The van der Waals surface area contributed by atoms with Crippen molar-refractivity contribution in [2.75, 3.05) is 52.5 Å². The van der Waals surface area contributed by atoms with E-state index in [1.807, 2.05) is 6.92 Å². The molecule has 6 nitrogen and oxygen atoms in total. The van der Waals surface area contributed by atoms with E-state index in [9.17, 15) is 0 Å². The molecule has 1 rings (SSSR count). The molecule has 1 saturated heterocycles. The average Bonchev–Trinajstić information content (AvgIpc) is 2.44. The number of rotatable bonds is 7. The third-order valence-corrected chi connectivity index (χ3v) is 3.25. The van der Waals surface area contributed by atoms with Gasteiger partial charge in [-0.1, -0.05) is 6.92 Å². The summed E-state index contributed by atoms with van der Waals surface area (Å²) in [6, 6.07) is 0. The number of nitrogens with two attached hydrogens (primary N) is 1. The molecule has 0 atom stereocenters. The van der Waals surface area contributed by atoms with Crippen LogP contribution in [0.5, 0.6) is 0 Å². The number of hydrogen-bond donors (Lipinski definition) is 2. The van der Waals surface area contributed by atoms with Crippen LogP contribution in [0.1, 0.15) is 26.7 Å². The standard InChI is InChI=1S/C13H29N5O/c1-3-7-17-8-10-18(11-9-17)13(16-14)15-6-5-12-19-4-2/h3-12,14H2,1-2H3,(H,15,16). The lowest BCUT2D eigenvalue weighted by molar-refractivity contribution is 0.146. The lowest BCUT2D eigenvalue weighted by atomic mass is 10.3. The van der Waals surface area contributed by atoms with E-state index in [4.69, 9.17) is 10.6 Å². The summed E-state index contributed by atoms with van der Waals surface area (Å²) in [5.41, 5.74) is 2.73. The largest absolute Gasteiger partial charge is 0.382 e. The van der Waals surface area contributed by atoms with Crippen molar-refractivity contribution in [2.24, 2.45) is 10.8 Å². The van der Waals surface area contributed by atoms with Crippen LogP contribution in [0.3, 0.4) is 0 Å². The van der Waals surface area contributed by atoms with Gasteiger partial charge in [-0.25, -0.2) is 5.84 Å². The molecule has 0 aromatic carbocycles. The third-order valence-electron chi connectivity index (χ3n) is 3.25. The van der Waals surface area contributed by atoms with Gasteiger partial charge in [-0.3, -0.25) is 15.3 Å². The van der Waals surface area contributed by atoms with Gasteiger partial charge >= 0.3 is 0 Å². The number of piperazine rings is 1. The Kier molecular flexibility index (Phi) is 8.53. The van der Waals surface area contributed by atoms with Gasteiger partial charge in [0.2, 0.25) is 5.96 Å². The summed E-state index contributed by atoms with van der Waals surface area (Å²) in [6.45, 7) is 11.9. The second-order valence-corrected chi connectivity index (χ2v) is 4.73. The van der Waals surface area contributed by atoms with Crippen LogP contribution in [0.15, 0.2) is 4.99 Å². The first-order valence-corrected chi connectivity index (χ1v) is 7.37.